The van der Waals surface area contributed by atoms with Gasteiger partial charge in [-0.05, 0) is 31.2 Å². The van der Waals surface area contributed by atoms with Gasteiger partial charge in [-0.25, -0.2) is 15.0 Å². The predicted molar refractivity (Wildman–Crippen MR) is 115 cm³/mol. The summed E-state index contributed by atoms with van der Waals surface area (Å²) in [5.41, 5.74) is 3.33. The van der Waals surface area contributed by atoms with Gasteiger partial charge in [0.1, 0.15) is 5.69 Å². The molecule has 5 heterocycles. The Morgan fingerprint density at radius 2 is 2.13 bits per heavy atom. The van der Waals surface area contributed by atoms with Crippen molar-refractivity contribution in [3.8, 4) is 11.5 Å². The molecular formula is C21H17N7OS. The fourth-order valence-corrected chi connectivity index (χ4v) is 3.85. The quantitative estimate of drug-likeness (QED) is 0.473. The topological polar surface area (TPSA) is 90.0 Å². The number of aryl methyl sites for hydroxylation is 1. The minimum absolute atomic E-state index is 0.296. The van der Waals surface area contributed by atoms with E-state index in [1.807, 2.05) is 51.9 Å². The van der Waals surface area contributed by atoms with Gasteiger partial charge < -0.3 is 9.88 Å². The maximum Gasteiger partial charge on any atom is 0.276 e. The average Bonchev–Trinajstić information content (AvgIpc) is 3.47. The molecule has 8 nitrogen and oxygen atoms in total. The minimum atomic E-state index is -0.296. The number of fused-ring (bicyclic) bond motifs is 1. The molecule has 1 N–H and O–H groups in total. The molecule has 1 amide bonds. The molecular weight excluding hydrogens is 398 g/mol. The summed E-state index contributed by atoms with van der Waals surface area (Å²) in [6, 6.07) is 9.19. The first-order valence-corrected chi connectivity index (χ1v) is 10.2. The molecule has 0 saturated carbocycles. The first-order valence-electron chi connectivity index (χ1n) is 9.29. The molecule has 0 aliphatic carbocycles. The van der Waals surface area contributed by atoms with E-state index in [2.05, 4.69) is 25.3 Å². The van der Waals surface area contributed by atoms with Gasteiger partial charge in [-0.3, -0.25) is 14.2 Å². The molecule has 0 fully saturated rings. The Kier molecular flexibility index (Phi) is 4.56. The number of hydrogen-bond donors (Lipinski definition) is 1. The van der Waals surface area contributed by atoms with Crippen LogP contribution in [0.1, 0.15) is 21.2 Å². The van der Waals surface area contributed by atoms with Gasteiger partial charge in [-0.2, -0.15) is 0 Å². The number of amides is 1. The molecule has 0 saturated heterocycles. The number of carbonyl (C=O) groups excluding carboxylic acids is 1. The fraction of sp³-hybridized carbons (Fsp3) is 0.0952. The molecule has 0 atom stereocenters. The lowest BCUT2D eigenvalue weighted by Crippen LogP contribution is -2.12. The summed E-state index contributed by atoms with van der Waals surface area (Å²) in [6.45, 7) is 2.62. The number of thiazole rings is 1. The van der Waals surface area contributed by atoms with Crippen molar-refractivity contribution in [3.63, 3.8) is 0 Å². The normalized spacial score (nSPS) is 11.1. The van der Waals surface area contributed by atoms with Gasteiger partial charge >= 0.3 is 0 Å². The molecule has 0 unspecified atom stereocenters. The maximum absolute atomic E-state index is 12.9. The van der Waals surface area contributed by atoms with Gasteiger partial charge in [0.25, 0.3) is 5.91 Å². The monoisotopic (exact) mass is 415 g/mol. The van der Waals surface area contributed by atoms with Crippen LogP contribution in [0, 0.1) is 6.92 Å². The Hall–Kier alpha value is -3.85. The second-order valence-corrected chi connectivity index (χ2v) is 7.79. The SMILES string of the molecule is Cc1nc(Cn2cnc(-c3nc(C(=O)Nc4cccnc4)c4ccccn34)c2)cs1. The van der Waals surface area contributed by atoms with Crippen LogP contribution in [-0.4, -0.2) is 34.8 Å². The van der Waals surface area contributed by atoms with Gasteiger partial charge in [-0.1, -0.05) is 6.07 Å². The third-order valence-electron chi connectivity index (χ3n) is 4.56. The summed E-state index contributed by atoms with van der Waals surface area (Å²) in [4.78, 5) is 30.5. The van der Waals surface area contributed by atoms with Crippen molar-refractivity contribution >= 4 is 28.4 Å². The van der Waals surface area contributed by atoms with Gasteiger partial charge in [-0.15, -0.1) is 11.3 Å². The highest BCUT2D eigenvalue weighted by atomic mass is 32.1. The van der Waals surface area contributed by atoms with Crippen molar-refractivity contribution in [1.82, 2.24) is 28.9 Å². The van der Waals surface area contributed by atoms with Crippen LogP contribution >= 0.6 is 11.3 Å². The number of hydrogen-bond acceptors (Lipinski definition) is 6. The zero-order chi connectivity index (χ0) is 20.5. The largest absolute Gasteiger partial charge is 0.331 e. The van der Waals surface area contributed by atoms with Crippen LogP contribution in [-0.2, 0) is 6.54 Å². The molecule has 5 aromatic heterocycles. The first-order chi connectivity index (χ1) is 14.7. The van der Waals surface area contributed by atoms with E-state index >= 15 is 0 Å². The molecule has 5 rings (SSSR count). The summed E-state index contributed by atoms with van der Waals surface area (Å²) in [5.74, 6) is 0.311. The number of carbonyl (C=O) groups is 1. The lowest BCUT2D eigenvalue weighted by Gasteiger charge is -2.02. The van der Waals surface area contributed by atoms with Crippen LogP contribution in [0.2, 0.25) is 0 Å². The molecule has 5 aromatic rings. The van der Waals surface area contributed by atoms with Gasteiger partial charge in [0.15, 0.2) is 11.5 Å². The number of imidazole rings is 2. The third-order valence-corrected chi connectivity index (χ3v) is 5.38. The summed E-state index contributed by atoms with van der Waals surface area (Å²) >= 11 is 1.63. The van der Waals surface area contributed by atoms with Crippen LogP contribution < -0.4 is 5.32 Å². The summed E-state index contributed by atoms with van der Waals surface area (Å²) in [6.07, 6.45) is 8.80. The van der Waals surface area contributed by atoms with Crippen LogP contribution in [0.25, 0.3) is 17.0 Å². The summed E-state index contributed by atoms with van der Waals surface area (Å²) < 4.78 is 3.83. The second kappa shape index (κ2) is 7.53. The highest BCUT2D eigenvalue weighted by molar-refractivity contribution is 7.09. The fourth-order valence-electron chi connectivity index (χ4n) is 3.24. The predicted octanol–water partition coefficient (Wildman–Crippen LogP) is 3.66. The van der Waals surface area contributed by atoms with E-state index in [1.165, 1.54) is 0 Å². The Morgan fingerprint density at radius 1 is 1.20 bits per heavy atom. The molecule has 0 radical (unpaired) electrons. The zero-order valence-electron chi connectivity index (χ0n) is 16.1. The van der Waals surface area contributed by atoms with Gasteiger partial charge in [0.05, 0.1) is 41.0 Å². The number of anilines is 1. The molecule has 0 aromatic carbocycles. The highest BCUT2D eigenvalue weighted by Gasteiger charge is 2.20. The number of nitrogens with zero attached hydrogens (tertiary/aromatic N) is 6. The summed E-state index contributed by atoms with van der Waals surface area (Å²) in [5, 5.41) is 5.92. The van der Waals surface area contributed by atoms with E-state index < -0.39 is 0 Å². The van der Waals surface area contributed by atoms with E-state index in [4.69, 9.17) is 0 Å². The molecule has 0 aliphatic heterocycles. The standard InChI is InChI=1S/C21H17N7OS/c1-14-24-16(12-30-14)10-27-11-17(23-13-27)20-26-19(18-6-2-3-8-28(18)20)21(29)25-15-5-4-7-22-9-15/h2-9,11-13H,10H2,1H3,(H,25,29). The van der Waals surface area contributed by atoms with Crippen molar-refractivity contribution in [2.24, 2.45) is 0 Å². The Balaban J connectivity index is 1.49. The smallest absolute Gasteiger partial charge is 0.276 e. The molecule has 0 aliphatic rings. The van der Waals surface area contributed by atoms with Crippen LogP contribution in [0.3, 0.4) is 0 Å². The van der Waals surface area contributed by atoms with E-state index in [9.17, 15) is 4.79 Å². The number of aromatic nitrogens is 6. The Labute approximate surface area is 175 Å². The van der Waals surface area contributed by atoms with Crippen molar-refractivity contribution in [3.05, 3.63) is 83.2 Å². The average molecular weight is 415 g/mol. The highest BCUT2D eigenvalue weighted by Crippen LogP contribution is 2.23. The zero-order valence-corrected chi connectivity index (χ0v) is 16.9. The molecule has 148 valence electrons. The van der Waals surface area contributed by atoms with E-state index in [1.54, 1.807) is 42.2 Å². The molecule has 0 bridgehead atoms. The van der Waals surface area contributed by atoms with Crippen molar-refractivity contribution in [2.75, 3.05) is 5.32 Å². The summed E-state index contributed by atoms with van der Waals surface area (Å²) in [7, 11) is 0. The van der Waals surface area contributed by atoms with Crippen LogP contribution in [0.5, 0.6) is 0 Å². The van der Waals surface area contributed by atoms with Crippen molar-refractivity contribution in [2.45, 2.75) is 13.5 Å². The van der Waals surface area contributed by atoms with Gasteiger partial charge in [0, 0.05) is 24.0 Å². The maximum atomic E-state index is 12.9. The lowest BCUT2D eigenvalue weighted by atomic mass is 10.3. The van der Waals surface area contributed by atoms with Gasteiger partial charge in [0.2, 0.25) is 0 Å². The first kappa shape index (κ1) is 18.2. The number of rotatable bonds is 5. The molecule has 9 heteroatoms. The van der Waals surface area contributed by atoms with E-state index in [0.29, 0.717) is 35.0 Å². The Morgan fingerprint density at radius 3 is 2.93 bits per heavy atom. The lowest BCUT2D eigenvalue weighted by molar-refractivity contribution is 0.102. The number of nitrogens with one attached hydrogen (secondary N) is 1. The molecule has 0 spiro atoms. The van der Waals surface area contributed by atoms with Crippen LogP contribution in [0.4, 0.5) is 5.69 Å². The second-order valence-electron chi connectivity index (χ2n) is 6.72. The van der Waals surface area contributed by atoms with E-state index in [0.717, 1.165) is 10.7 Å². The third kappa shape index (κ3) is 3.46. The Bertz CT molecular complexity index is 1340. The molecule has 30 heavy (non-hydrogen) atoms. The van der Waals surface area contributed by atoms with Crippen molar-refractivity contribution < 1.29 is 4.79 Å². The minimum Gasteiger partial charge on any atom is -0.331 e. The van der Waals surface area contributed by atoms with E-state index in [-0.39, 0.29) is 5.91 Å². The number of pyridine rings is 2. The van der Waals surface area contributed by atoms with Crippen LogP contribution in [0.15, 0.2) is 66.8 Å². The van der Waals surface area contributed by atoms with Crippen molar-refractivity contribution in [1.29, 1.82) is 0 Å².